The molecule has 0 spiro atoms. The number of ether oxygens (including phenoxy) is 1. The normalized spacial score (nSPS) is 16.9. The van der Waals surface area contributed by atoms with Crippen molar-refractivity contribution in [3.63, 3.8) is 0 Å². The van der Waals surface area contributed by atoms with Crippen LogP contribution in [-0.4, -0.2) is 47.7 Å². The topological polar surface area (TPSA) is 31.5 Å². The fourth-order valence-corrected chi connectivity index (χ4v) is 4.14. The van der Waals surface area contributed by atoms with E-state index in [4.69, 9.17) is 4.74 Å². The highest BCUT2D eigenvalue weighted by Crippen LogP contribution is 2.37. The number of H-pyrrole nitrogens is 1. The maximum Gasteiger partial charge on any atom is 0.431 e. The zero-order valence-electron chi connectivity index (χ0n) is 17.4. The minimum absolute atomic E-state index is 0.0304. The van der Waals surface area contributed by atoms with Crippen LogP contribution in [0.25, 0.3) is 11.3 Å². The Bertz CT molecular complexity index is 1080. The highest BCUT2D eigenvalue weighted by Gasteiger charge is 2.40. The third-order valence-corrected chi connectivity index (χ3v) is 5.64. The van der Waals surface area contributed by atoms with Gasteiger partial charge in [-0.2, -0.15) is 13.2 Å². The van der Waals surface area contributed by atoms with Crippen molar-refractivity contribution >= 4 is 0 Å². The van der Waals surface area contributed by atoms with E-state index in [2.05, 4.69) is 4.98 Å². The lowest BCUT2D eigenvalue weighted by molar-refractivity contribution is -0.110. The van der Waals surface area contributed by atoms with Crippen LogP contribution in [0.5, 0.6) is 0 Å². The third kappa shape index (κ3) is 3.82. The summed E-state index contributed by atoms with van der Waals surface area (Å²) < 4.78 is 89.1. The number of nitrogens with one attached hydrogen (secondary N) is 1. The molecule has 32 heavy (non-hydrogen) atoms. The number of benzene rings is 1. The van der Waals surface area contributed by atoms with Gasteiger partial charge in [0.2, 0.25) is 0 Å². The summed E-state index contributed by atoms with van der Waals surface area (Å²) in [5.74, 6) is -2.47. The van der Waals surface area contributed by atoms with Crippen molar-refractivity contribution in [3.8, 4) is 11.3 Å². The molecule has 0 radical (unpaired) electrons. The largest absolute Gasteiger partial charge is 0.492 e. The van der Waals surface area contributed by atoms with E-state index in [-0.39, 0.29) is 36.7 Å². The van der Waals surface area contributed by atoms with Crippen LogP contribution in [0, 0.1) is 17.5 Å². The number of aromatic nitrogens is 1. The monoisotopic (exact) mass is 457 g/mol. The van der Waals surface area contributed by atoms with E-state index in [9.17, 15) is 22.0 Å². The third-order valence-electron chi connectivity index (χ3n) is 5.64. The van der Waals surface area contributed by atoms with Crippen molar-refractivity contribution in [2.75, 3.05) is 26.7 Å². The molecule has 2 aromatic rings. The predicted octanol–water partition coefficient (Wildman–Crippen LogP) is 5.10. The number of alkyl halides is 3. The van der Waals surface area contributed by atoms with Crippen molar-refractivity contribution in [1.82, 2.24) is 14.8 Å². The van der Waals surface area contributed by atoms with Crippen LogP contribution >= 0.6 is 0 Å². The molecule has 0 unspecified atom stereocenters. The second kappa shape index (κ2) is 8.14. The summed E-state index contributed by atoms with van der Waals surface area (Å²) in [6.07, 6.45) is -3.26. The van der Waals surface area contributed by atoms with Gasteiger partial charge in [-0.1, -0.05) is 6.07 Å². The second-order valence-electron chi connectivity index (χ2n) is 7.67. The summed E-state index contributed by atoms with van der Waals surface area (Å²) in [7, 11) is 1.33. The number of aromatic amines is 1. The van der Waals surface area contributed by atoms with E-state index >= 15 is 4.39 Å². The van der Waals surface area contributed by atoms with E-state index in [0.29, 0.717) is 24.4 Å². The number of allylic oxidation sites excluding steroid dienone is 2. The Balaban J connectivity index is 1.71. The number of likely N-dealkylation sites (N-methyl/N-ethyl adjacent to an activating group) is 1. The average molecular weight is 457 g/mol. The van der Waals surface area contributed by atoms with Crippen molar-refractivity contribution < 1.29 is 31.1 Å². The number of halogens is 6. The highest BCUT2D eigenvalue weighted by molar-refractivity contribution is 5.64. The molecule has 1 aromatic carbocycles. The van der Waals surface area contributed by atoms with Crippen LogP contribution in [0.2, 0.25) is 0 Å². The van der Waals surface area contributed by atoms with Crippen molar-refractivity contribution in [1.29, 1.82) is 0 Å². The van der Waals surface area contributed by atoms with E-state index in [1.54, 1.807) is 11.8 Å². The zero-order valence-corrected chi connectivity index (χ0v) is 17.4. The first kappa shape index (κ1) is 22.2. The highest BCUT2D eigenvalue weighted by atomic mass is 19.4. The molecule has 2 aliphatic heterocycles. The van der Waals surface area contributed by atoms with E-state index in [0.717, 1.165) is 23.1 Å². The van der Waals surface area contributed by atoms with Crippen LogP contribution in [0.3, 0.4) is 0 Å². The van der Waals surface area contributed by atoms with Crippen LogP contribution in [0.4, 0.5) is 26.3 Å². The number of hydrogen-bond acceptors (Lipinski definition) is 3. The van der Waals surface area contributed by atoms with Gasteiger partial charge in [0, 0.05) is 43.9 Å². The molecular weight excluding hydrogens is 436 g/mol. The standard InChI is InChI=1S/C22H21F6N3O/c1-3-32-17-9-18(22(26,27)28)30(2)11-16(17)31-8-7-15-12(10-31)20(25)21(29-15)19-13(23)5-4-6-14(19)24/h4-6,9,29H,3,7-8,10-11H2,1-2H3. The van der Waals surface area contributed by atoms with Crippen molar-refractivity contribution in [2.24, 2.45) is 0 Å². The lowest BCUT2D eigenvalue weighted by Crippen LogP contribution is -2.40. The molecule has 10 heteroatoms. The first-order valence-corrected chi connectivity index (χ1v) is 10.1. The van der Waals surface area contributed by atoms with Gasteiger partial charge in [0.25, 0.3) is 0 Å². The Morgan fingerprint density at radius 2 is 1.78 bits per heavy atom. The van der Waals surface area contributed by atoms with Gasteiger partial charge in [-0.25, -0.2) is 13.2 Å². The molecule has 0 fully saturated rings. The lowest BCUT2D eigenvalue weighted by atomic mass is 10.0. The van der Waals surface area contributed by atoms with E-state index < -0.39 is 34.9 Å². The maximum atomic E-state index is 15.2. The van der Waals surface area contributed by atoms with Gasteiger partial charge in [0.15, 0.2) is 5.82 Å². The Kier molecular flexibility index (Phi) is 5.64. The molecule has 0 aliphatic carbocycles. The van der Waals surface area contributed by atoms with Gasteiger partial charge < -0.3 is 19.5 Å². The number of hydrogen-bond donors (Lipinski definition) is 1. The van der Waals surface area contributed by atoms with Crippen LogP contribution in [0.15, 0.2) is 41.4 Å². The summed E-state index contributed by atoms with van der Waals surface area (Å²) in [4.78, 5) is 5.61. The molecule has 4 rings (SSSR count). The van der Waals surface area contributed by atoms with Crippen LogP contribution in [-0.2, 0) is 17.7 Å². The molecule has 1 N–H and O–H groups in total. The molecule has 0 saturated heterocycles. The fraction of sp³-hybridized carbons (Fsp3) is 0.364. The molecule has 0 bridgehead atoms. The Hall–Kier alpha value is -3.04. The minimum Gasteiger partial charge on any atom is -0.492 e. The SMILES string of the molecule is CCOC1=C(N2CCc3[nH]c(-c4c(F)cccc4F)c(F)c3C2)CN(C)C(C(F)(F)F)=C1. The summed E-state index contributed by atoms with van der Waals surface area (Å²) in [6, 6.07) is 3.29. The van der Waals surface area contributed by atoms with Gasteiger partial charge in [-0.15, -0.1) is 0 Å². The molecule has 2 aliphatic rings. The van der Waals surface area contributed by atoms with Crippen LogP contribution < -0.4 is 0 Å². The van der Waals surface area contributed by atoms with E-state index in [1.807, 2.05) is 0 Å². The van der Waals surface area contributed by atoms with Crippen molar-refractivity contribution in [3.05, 3.63) is 70.1 Å². The fourth-order valence-electron chi connectivity index (χ4n) is 4.14. The molecule has 0 saturated carbocycles. The summed E-state index contributed by atoms with van der Waals surface area (Å²) in [5.41, 5.74) is -0.349. The van der Waals surface area contributed by atoms with Crippen molar-refractivity contribution in [2.45, 2.75) is 26.1 Å². The molecule has 3 heterocycles. The van der Waals surface area contributed by atoms with Gasteiger partial charge in [-0.3, -0.25) is 0 Å². The molecule has 1 aromatic heterocycles. The van der Waals surface area contributed by atoms with Gasteiger partial charge in [-0.05, 0) is 19.1 Å². The minimum atomic E-state index is -4.54. The Morgan fingerprint density at radius 1 is 1.09 bits per heavy atom. The maximum absolute atomic E-state index is 15.2. The first-order valence-electron chi connectivity index (χ1n) is 10.1. The zero-order chi connectivity index (χ0) is 23.2. The lowest BCUT2D eigenvalue weighted by Gasteiger charge is -2.38. The summed E-state index contributed by atoms with van der Waals surface area (Å²) >= 11 is 0. The number of rotatable bonds is 4. The quantitative estimate of drug-likeness (QED) is 0.649. The average Bonchev–Trinajstić information content (AvgIpc) is 3.04. The molecular formula is C22H21F6N3O. The molecule has 0 amide bonds. The smallest absolute Gasteiger partial charge is 0.431 e. The summed E-state index contributed by atoms with van der Waals surface area (Å²) in [5, 5.41) is 0. The first-order chi connectivity index (χ1) is 15.1. The second-order valence-corrected chi connectivity index (χ2v) is 7.67. The number of fused-ring (bicyclic) bond motifs is 1. The summed E-state index contributed by atoms with van der Waals surface area (Å²) in [6.45, 7) is 2.17. The molecule has 172 valence electrons. The molecule has 4 nitrogen and oxygen atoms in total. The van der Waals surface area contributed by atoms with Gasteiger partial charge in [0.1, 0.15) is 23.1 Å². The van der Waals surface area contributed by atoms with E-state index in [1.165, 1.54) is 13.1 Å². The Morgan fingerprint density at radius 3 is 2.41 bits per heavy atom. The van der Waals surface area contributed by atoms with Crippen LogP contribution in [0.1, 0.15) is 18.2 Å². The Labute approximate surface area is 180 Å². The predicted molar refractivity (Wildman–Crippen MR) is 106 cm³/mol. The number of nitrogens with zero attached hydrogens (tertiary/aromatic N) is 2. The molecule has 0 atom stereocenters. The van der Waals surface area contributed by atoms with Gasteiger partial charge >= 0.3 is 6.18 Å². The van der Waals surface area contributed by atoms with Gasteiger partial charge in [0.05, 0.1) is 30.1 Å².